The Balaban J connectivity index is 1.53. The monoisotopic (exact) mass is 483 g/mol. The number of nitrogens with zero attached hydrogens (tertiary/aromatic N) is 2. The van der Waals surface area contributed by atoms with Crippen molar-refractivity contribution in [2.75, 3.05) is 39.2 Å². The van der Waals surface area contributed by atoms with Crippen molar-refractivity contribution in [2.24, 2.45) is 11.3 Å². The first-order chi connectivity index (χ1) is 16.9. The van der Waals surface area contributed by atoms with Gasteiger partial charge in [-0.1, -0.05) is 32.1 Å². The fraction of sp³-hybridized carbons (Fsp3) is 0.690. The molecule has 0 spiro atoms. The molecule has 2 heterocycles. The van der Waals surface area contributed by atoms with Crippen LogP contribution in [0.1, 0.15) is 82.3 Å². The number of hydrogen-bond acceptors (Lipinski definition) is 6. The maximum Gasteiger partial charge on any atom is 0.119 e. The van der Waals surface area contributed by atoms with Crippen LogP contribution < -0.4 is 15.0 Å². The SMILES string of the molecule is COc1ccc2ncc(N(C)C)c([C@H](O)CCC3([C@@H](O)CCC4CCCCC4)CCNCC3)c2c1. The highest BCUT2D eigenvalue weighted by atomic mass is 16.5. The third-order valence-corrected chi connectivity index (χ3v) is 8.71. The van der Waals surface area contributed by atoms with Gasteiger partial charge in [0.25, 0.3) is 0 Å². The summed E-state index contributed by atoms with van der Waals surface area (Å²) in [4.78, 5) is 6.64. The van der Waals surface area contributed by atoms with Gasteiger partial charge in [-0.15, -0.1) is 0 Å². The number of anilines is 1. The van der Waals surface area contributed by atoms with Crippen LogP contribution in [0.2, 0.25) is 0 Å². The molecule has 194 valence electrons. The van der Waals surface area contributed by atoms with E-state index in [2.05, 4.69) is 10.3 Å². The quantitative estimate of drug-likeness (QED) is 0.430. The smallest absolute Gasteiger partial charge is 0.119 e. The number of methoxy groups -OCH3 is 1. The number of fused-ring (bicyclic) bond motifs is 1. The Labute approximate surface area is 211 Å². The van der Waals surface area contributed by atoms with Gasteiger partial charge >= 0.3 is 0 Å². The number of piperidine rings is 1. The third kappa shape index (κ3) is 6.10. The summed E-state index contributed by atoms with van der Waals surface area (Å²) >= 11 is 0. The lowest BCUT2D eigenvalue weighted by Gasteiger charge is -2.43. The number of benzene rings is 1. The van der Waals surface area contributed by atoms with Gasteiger partial charge in [0, 0.05) is 25.0 Å². The average Bonchev–Trinajstić information content (AvgIpc) is 2.90. The first kappa shape index (κ1) is 26.2. The van der Waals surface area contributed by atoms with Crippen molar-refractivity contribution in [3.8, 4) is 5.75 Å². The molecule has 3 N–H and O–H groups in total. The zero-order chi connectivity index (χ0) is 24.8. The van der Waals surface area contributed by atoms with Crippen molar-refractivity contribution in [3.63, 3.8) is 0 Å². The number of aliphatic hydroxyl groups is 2. The lowest BCUT2D eigenvalue weighted by Crippen LogP contribution is -2.45. The fourth-order valence-electron chi connectivity index (χ4n) is 6.43. The molecule has 4 rings (SSSR count). The Morgan fingerprint density at radius 1 is 1.11 bits per heavy atom. The Bertz CT molecular complexity index is 952. The van der Waals surface area contributed by atoms with Crippen molar-refractivity contribution < 1.29 is 14.9 Å². The number of hydrogen-bond donors (Lipinski definition) is 3. The van der Waals surface area contributed by atoms with E-state index in [9.17, 15) is 10.2 Å². The van der Waals surface area contributed by atoms with Gasteiger partial charge in [-0.3, -0.25) is 4.98 Å². The summed E-state index contributed by atoms with van der Waals surface area (Å²) in [6, 6.07) is 5.84. The highest BCUT2D eigenvalue weighted by Crippen LogP contribution is 2.44. The molecule has 1 aromatic heterocycles. The predicted molar refractivity (Wildman–Crippen MR) is 143 cm³/mol. The van der Waals surface area contributed by atoms with Crippen LogP contribution >= 0.6 is 0 Å². The second-order valence-electron chi connectivity index (χ2n) is 11.1. The Hall–Kier alpha value is -1.89. The zero-order valence-corrected chi connectivity index (χ0v) is 21.9. The van der Waals surface area contributed by atoms with E-state index in [1.165, 1.54) is 32.1 Å². The van der Waals surface area contributed by atoms with Crippen LogP contribution in [0.25, 0.3) is 10.9 Å². The van der Waals surface area contributed by atoms with E-state index in [0.29, 0.717) is 6.42 Å². The molecule has 0 unspecified atom stereocenters. The second-order valence-corrected chi connectivity index (χ2v) is 11.1. The van der Waals surface area contributed by atoms with Crippen molar-refractivity contribution in [2.45, 2.75) is 82.8 Å². The van der Waals surface area contributed by atoms with Gasteiger partial charge in [-0.05, 0) is 81.1 Å². The van der Waals surface area contributed by atoms with E-state index in [1.807, 2.05) is 43.4 Å². The molecule has 2 aromatic rings. The molecule has 1 aliphatic heterocycles. The molecule has 2 atom stereocenters. The average molecular weight is 484 g/mol. The molecule has 2 aliphatic rings. The molecule has 0 bridgehead atoms. The molecular weight excluding hydrogens is 438 g/mol. The van der Waals surface area contributed by atoms with Crippen LogP contribution in [-0.2, 0) is 0 Å². The number of nitrogens with one attached hydrogen (secondary N) is 1. The van der Waals surface area contributed by atoms with Gasteiger partial charge in [0.1, 0.15) is 5.75 Å². The summed E-state index contributed by atoms with van der Waals surface area (Å²) in [5.74, 6) is 1.54. The van der Waals surface area contributed by atoms with Crippen molar-refractivity contribution in [1.82, 2.24) is 10.3 Å². The molecular formula is C29H45N3O3. The van der Waals surface area contributed by atoms with Crippen LogP contribution in [0, 0.1) is 11.3 Å². The predicted octanol–water partition coefficient (Wildman–Crippen LogP) is 5.21. The normalized spacial score (nSPS) is 20.5. The lowest BCUT2D eigenvalue weighted by atomic mass is 9.68. The van der Waals surface area contributed by atoms with E-state index in [0.717, 1.165) is 79.0 Å². The minimum atomic E-state index is -0.637. The summed E-state index contributed by atoms with van der Waals surface area (Å²) in [5.41, 5.74) is 2.56. The highest BCUT2D eigenvalue weighted by molar-refractivity contribution is 5.88. The molecule has 1 saturated heterocycles. The van der Waals surface area contributed by atoms with E-state index < -0.39 is 6.10 Å². The summed E-state index contributed by atoms with van der Waals surface area (Å²) < 4.78 is 5.47. The largest absolute Gasteiger partial charge is 0.497 e. The van der Waals surface area contributed by atoms with Gasteiger partial charge in [0.05, 0.1) is 36.7 Å². The second kappa shape index (κ2) is 11.9. The third-order valence-electron chi connectivity index (χ3n) is 8.71. The van der Waals surface area contributed by atoms with E-state index in [4.69, 9.17) is 4.74 Å². The number of ether oxygens (including phenoxy) is 1. The molecule has 6 heteroatoms. The van der Waals surface area contributed by atoms with Crippen LogP contribution in [0.4, 0.5) is 5.69 Å². The maximum absolute atomic E-state index is 11.6. The fourth-order valence-corrected chi connectivity index (χ4v) is 6.43. The molecule has 6 nitrogen and oxygen atoms in total. The van der Waals surface area contributed by atoms with Gasteiger partial charge < -0.3 is 25.2 Å². The number of aromatic nitrogens is 1. The molecule has 2 fully saturated rings. The molecule has 0 radical (unpaired) electrons. The van der Waals surface area contributed by atoms with Crippen LogP contribution in [0.5, 0.6) is 5.75 Å². The van der Waals surface area contributed by atoms with Crippen molar-refractivity contribution in [1.29, 1.82) is 0 Å². The number of aliphatic hydroxyl groups excluding tert-OH is 2. The zero-order valence-electron chi connectivity index (χ0n) is 21.9. The van der Waals surface area contributed by atoms with Crippen LogP contribution in [0.15, 0.2) is 24.4 Å². The Morgan fingerprint density at radius 3 is 2.54 bits per heavy atom. The van der Waals surface area contributed by atoms with E-state index in [-0.39, 0.29) is 11.5 Å². The van der Waals surface area contributed by atoms with E-state index >= 15 is 0 Å². The molecule has 1 aliphatic carbocycles. The molecule has 35 heavy (non-hydrogen) atoms. The molecule has 1 aromatic carbocycles. The Morgan fingerprint density at radius 2 is 1.86 bits per heavy atom. The highest BCUT2D eigenvalue weighted by Gasteiger charge is 2.39. The molecule has 1 saturated carbocycles. The van der Waals surface area contributed by atoms with Crippen molar-refractivity contribution >= 4 is 16.6 Å². The minimum Gasteiger partial charge on any atom is -0.497 e. The molecule has 0 amide bonds. The number of rotatable bonds is 10. The maximum atomic E-state index is 11.6. The Kier molecular flexibility index (Phi) is 8.90. The summed E-state index contributed by atoms with van der Waals surface area (Å²) in [6.07, 6.45) is 13.0. The van der Waals surface area contributed by atoms with Gasteiger partial charge in [0.15, 0.2) is 0 Å². The van der Waals surface area contributed by atoms with Gasteiger partial charge in [0.2, 0.25) is 0 Å². The van der Waals surface area contributed by atoms with E-state index in [1.54, 1.807) is 7.11 Å². The standard InChI is InChI=1S/C29H45N3O3/c1-32(2)25-20-31-24-11-10-22(35-3)19-23(24)28(25)26(33)13-14-29(15-17-30-18-16-29)27(34)12-9-21-7-5-4-6-8-21/h10-11,19-21,26-27,30,33-34H,4-9,12-18H2,1-3H3/t26-,27+/m1/s1. The van der Waals surface area contributed by atoms with Crippen molar-refractivity contribution in [3.05, 3.63) is 30.0 Å². The summed E-state index contributed by atoms with van der Waals surface area (Å²) in [5, 5.41) is 27.5. The van der Waals surface area contributed by atoms with Gasteiger partial charge in [-0.2, -0.15) is 0 Å². The summed E-state index contributed by atoms with van der Waals surface area (Å²) in [7, 11) is 5.64. The first-order valence-electron chi connectivity index (χ1n) is 13.6. The number of pyridine rings is 1. The topological polar surface area (TPSA) is 77.9 Å². The summed E-state index contributed by atoms with van der Waals surface area (Å²) in [6.45, 7) is 1.88. The first-order valence-corrected chi connectivity index (χ1v) is 13.6. The minimum absolute atomic E-state index is 0.125. The van der Waals surface area contributed by atoms with Crippen LogP contribution in [0.3, 0.4) is 0 Å². The van der Waals surface area contributed by atoms with Gasteiger partial charge in [-0.25, -0.2) is 0 Å². The van der Waals surface area contributed by atoms with Crippen LogP contribution in [-0.4, -0.2) is 55.6 Å². The lowest BCUT2D eigenvalue weighted by molar-refractivity contribution is -0.0238.